The van der Waals surface area contributed by atoms with Gasteiger partial charge in [-0.15, -0.1) is 0 Å². The zero-order chi connectivity index (χ0) is 8.69. The third-order valence-electron chi connectivity index (χ3n) is 1.12. The molecule has 0 aromatic carbocycles. The maximum absolute atomic E-state index is 4.02. The largest absolute Gasteiger partial charge is 0.372 e. The molecule has 1 N–H and O–H groups in total. The number of aromatic nitrogens is 2. The molecule has 0 aliphatic carbocycles. The molecule has 0 saturated heterocycles. The second-order valence-electron chi connectivity index (χ2n) is 1.74. The van der Waals surface area contributed by atoms with Gasteiger partial charge in [-0.1, -0.05) is 13.8 Å². The molecule has 0 fully saturated rings. The normalized spacial score (nSPS) is 8.00. The Labute approximate surface area is 67.9 Å². The van der Waals surface area contributed by atoms with Crippen molar-refractivity contribution in [2.24, 2.45) is 0 Å². The summed E-state index contributed by atoms with van der Waals surface area (Å²) in [6.45, 7) is 5.92. The lowest BCUT2D eigenvalue weighted by Crippen LogP contribution is -1.95. The van der Waals surface area contributed by atoms with E-state index in [2.05, 4.69) is 15.3 Å². The lowest BCUT2D eigenvalue weighted by atomic mass is 10.4. The van der Waals surface area contributed by atoms with Gasteiger partial charge in [-0.05, 0) is 6.92 Å². The highest BCUT2D eigenvalue weighted by Gasteiger charge is 1.92. The van der Waals surface area contributed by atoms with Gasteiger partial charge in [0.2, 0.25) is 0 Å². The Balaban J connectivity index is 0.000000461. The first kappa shape index (κ1) is 9.88. The molecular formula is C8H15N3. The highest BCUT2D eigenvalue weighted by molar-refractivity contribution is 5.36. The van der Waals surface area contributed by atoms with Gasteiger partial charge >= 0.3 is 0 Å². The van der Waals surface area contributed by atoms with E-state index in [-0.39, 0.29) is 0 Å². The van der Waals surface area contributed by atoms with Crippen LogP contribution in [0.2, 0.25) is 0 Å². The minimum absolute atomic E-state index is 0.845. The van der Waals surface area contributed by atoms with Gasteiger partial charge in [0.05, 0.1) is 5.69 Å². The first-order valence-corrected chi connectivity index (χ1v) is 3.80. The summed E-state index contributed by atoms with van der Waals surface area (Å²) in [7, 11) is 1.83. The van der Waals surface area contributed by atoms with Gasteiger partial charge in [0.25, 0.3) is 0 Å². The smallest absolute Gasteiger partial charge is 0.147 e. The van der Waals surface area contributed by atoms with Crippen molar-refractivity contribution >= 4 is 5.82 Å². The van der Waals surface area contributed by atoms with Gasteiger partial charge in [-0.2, -0.15) is 0 Å². The van der Waals surface area contributed by atoms with Crippen LogP contribution in [0.3, 0.4) is 0 Å². The van der Waals surface area contributed by atoms with E-state index < -0.39 is 0 Å². The minimum atomic E-state index is 0.845. The Bertz CT molecular complexity index is 198. The molecule has 0 spiro atoms. The molecule has 1 aromatic rings. The number of hydrogen-bond donors (Lipinski definition) is 1. The quantitative estimate of drug-likeness (QED) is 0.669. The van der Waals surface area contributed by atoms with Crippen molar-refractivity contribution in [1.82, 2.24) is 9.97 Å². The summed E-state index contributed by atoms with van der Waals surface area (Å²) in [5.74, 6) is 0.845. The summed E-state index contributed by atoms with van der Waals surface area (Å²) in [4.78, 5) is 8.05. The monoisotopic (exact) mass is 153 g/mol. The van der Waals surface area contributed by atoms with Crippen LogP contribution in [0.1, 0.15) is 19.5 Å². The van der Waals surface area contributed by atoms with E-state index in [0.29, 0.717) is 0 Å². The number of anilines is 1. The molecule has 1 heterocycles. The van der Waals surface area contributed by atoms with Crippen molar-refractivity contribution in [3.63, 3.8) is 0 Å². The van der Waals surface area contributed by atoms with Gasteiger partial charge in [0, 0.05) is 19.4 Å². The summed E-state index contributed by atoms with van der Waals surface area (Å²) in [5.41, 5.74) is 0.931. The van der Waals surface area contributed by atoms with Gasteiger partial charge in [-0.3, -0.25) is 4.98 Å². The molecular weight excluding hydrogens is 138 g/mol. The number of hydrogen-bond acceptors (Lipinski definition) is 3. The Morgan fingerprint density at radius 3 is 2.09 bits per heavy atom. The zero-order valence-electron chi connectivity index (χ0n) is 7.55. The second-order valence-corrected chi connectivity index (χ2v) is 1.74. The van der Waals surface area contributed by atoms with Gasteiger partial charge < -0.3 is 5.32 Å². The Kier molecular flexibility index (Phi) is 5.07. The molecule has 3 heteroatoms. The second kappa shape index (κ2) is 5.65. The van der Waals surface area contributed by atoms with Crippen molar-refractivity contribution in [3.8, 4) is 0 Å². The summed E-state index contributed by atoms with van der Waals surface area (Å²) in [6, 6.07) is 0. The highest BCUT2D eigenvalue weighted by Crippen LogP contribution is 2.02. The standard InChI is InChI=1S/C6H9N3.C2H6/c1-5-6(7-2)9-4-3-8-5;1-2/h3-4H,1-2H3,(H,7,9);1-2H3. The molecule has 62 valence electrons. The predicted molar refractivity (Wildman–Crippen MR) is 47.7 cm³/mol. The molecule has 0 radical (unpaired) electrons. The van der Waals surface area contributed by atoms with Crippen LogP contribution < -0.4 is 5.32 Å². The average molecular weight is 153 g/mol. The van der Waals surface area contributed by atoms with Crippen LogP contribution in [-0.4, -0.2) is 17.0 Å². The van der Waals surface area contributed by atoms with E-state index in [1.54, 1.807) is 12.4 Å². The molecule has 1 rings (SSSR count). The van der Waals surface area contributed by atoms with Crippen molar-refractivity contribution < 1.29 is 0 Å². The average Bonchev–Trinajstić information content (AvgIpc) is 2.09. The lowest BCUT2D eigenvalue weighted by molar-refractivity contribution is 1.11. The van der Waals surface area contributed by atoms with Gasteiger partial charge in [0.1, 0.15) is 5.82 Å². The molecule has 0 atom stereocenters. The van der Waals surface area contributed by atoms with Crippen molar-refractivity contribution in [3.05, 3.63) is 18.1 Å². The Morgan fingerprint density at radius 2 is 1.73 bits per heavy atom. The lowest BCUT2D eigenvalue weighted by Gasteiger charge is -1.98. The summed E-state index contributed by atoms with van der Waals surface area (Å²) < 4.78 is 0. The molecule has 11 heavy (non-hydrogen) atoms. The van der Waals surface area contributed by atoms with E-state index in [1.807, 2.05) is 27.8 Å². The predicted octanol–water partition coefficient (Wildman–Crippen LogP) is 1.85. The maximum Gasteiger partial charge on any atom is 0.147 e. The third-order valence-corrected chi connectivity index (χ3v) is 1.12. The van der Waals surface area contributed by atoms with Gasteiger partial charge in [0.15, 0.2) is 0 Å². The fourth-order valence-corrected chi connectivity index (χ4v) is 0.653. The Hall–Kier alpha value is -1.12. The van der Waals surface area contributed by atoms with Crippen molar-refractivity contribution in [2.75, 3.05) is 12.4 Å². The number of aryl methyl sites for hydroxylation is 1. The summed E-state index contributed by atoms with van der Waals surface area (Å²) >= 11 is 0. The summed E-state index contributed by atoms with van der Waals surface area (Å²) in [5, 5.41) is 2.92. The van der Waals surface area contributed by atoms with Crippen molar-refractivity contribution in [1.29, 1.82) is 0 Å². The highest BCUT2D eigenvalue weighted by atomic mass is 15.0. The molecule has 3 nitrogen and oxygen atoms in total. The number of nitrogens with one attached hydrogen (secondary N) is 1. The topological polar surface area (TPSA) is 37.8 Å². The molecule has 0 aliphatic heterocycles. The summed E-state index contributed by atoms with van der Waals surface area (Å²) in [6.07, 6.45) is 3.34. The van der Waals surface area contributed by atoms with Crippen LogP contribution in [0.4, 0.5) is 5.82 Å². The molecule has 0 aliphatic rings. The molecule has 0 unspecified atom stereocenters. The maximum atomic E-state index is 4.02. The molecule has 1 aromatic heterocycles. The SMILES string of the molecule is CC.CNc1nccnc1C. The third kappa shape index (κ3) is 2.98. The van der Waals surface area contributed by atoms with E-state index in [0.717, 1.165) is 11.5 Å². The first-order valence-electron chi connectivity index (χ1n) is 3.80. The minimum Gasteiger partial charge on any atom is -0.372 e. The van der Waals surface area contributed by atoms with Crippen LogP contribution >= 0.6 is 0 Å². The Morgan fingerprint density at radius 1 is 1.18 bits per heavy atom. The zero-order valence-corrected chi connectivity index (χ0v) is 7.55. The van der Waals surface area contributed by atoms with Crippen LogP contribution in [0.25, 0.3) is 0 Å². The van der Waals surface area contributed by atoms with Crippen LogP contribution in [-0.2, 0) is 0 Å². The molecule has 0 amide bonds. The van der Waals surface area contributed by atoms with Gasteiger partial charge in [-0.25, -0.2) is 4.98 Å². The van der Waals surface area contributed by atoms with E-state index in [1.165, 1.54) is 0 Å². The van der Waals surface area contributed by atoms with Crippen LogP contribution in [0, 0.1) is 6.92 Å². The first-order chi connectivity index (χ1) is 5.34. The number of rotatable bonds is 1. The van der Waals surface area contributed by atoms with Crippen molar-refractivity contribution in [2.45, 2.75) is 20.8 Å². The van der Waals surface area contributed by atoms with Crippen LogP contribution in [0.15, 0.2) is 12.4 Å². The number of nitrogens with zero attached hydrogens (tertiary/aromatic N) is 2. The molecule has 0 bridgehead atoms. The fourth-order valence-electron chi connectivity index (χ4n) is 0.653. The van der Waals surface area contributed by atoms with E-state index in [4.69, 9.17) is 0 Å². The fraction of sp³-hybridized carbons (Fsp3) is 0.500. The van der Waals surface area contributed by atoms with E-state index in [9.17, 15) is 0 Å². The van der Waals surface area contributed by atoms with E-state index >= 15 is 0 Å². The van der Waals surface area contributed by atoms with Crippen LogP contribution in [0.5, 0.6) is 0 Å². The molecule has 0 saturated carbocycles.